The molecule has 0 unspecified atom stereocenters. The maximum absolute atomic E-state index is 13.4. The number of sulfonamides is 1. The number of carbonyl (C=O) groups excluding carboxylic acids is 2. The molecule has 0 bridgehead atoms. The van der Waals surface area contributed by atoms with Crippen LogP contribution in [0.5, 0.6) is 0 Å². The molecule has 1 aromatic heterocycles. The summed E-state index contributed by atoms with van der Waals surface area (Å²) in [5, 5.41) is 0. The predicted octanol–water partition coefficient (Wildman–Crippen LogP) is 1.83. The number of methoxy groups -OCH3 is 2. The Kier molecular flexibility index (Phi) is 5.07. The van der Waals surface area contributed by atoms with Crippen molar-refractivity contribution in [3.63, 3.8) is 0 Å². The van der Waals surface area contributed by atoms with Gasteiger partial charge in [0.05, 0.1) is 36.3 Å². The van der Waals surface area contributed by atoms with Crippen LogP contribution in [0.2, 0.25) is 0 Å². The Balaban J connectivity index is 2.12. The van der Waals surface area contributed by atoms with Gasteiger partial charge in [0.1, 0.15) is 0 Å². The molecule has 1 aromatic carbocycles. The quantitative estimate of drug-likeness (QED) is 0.737. The molecule has 1 aliphatic rings. The van der Waals surface area contributed by atoms with E-state index in [9.17, 15) is 18.0 Å². The summed E-state index contributed by atoms with van der Waals surface area (Å²) < 4.78 is 39.5. The van der Waals surface area contributed by atoms with Crippen LogP contribution in [0.25, 0.3) is 0 Å². The lowest BCUT2D eigenvalue weighted by atomic mass is 10.1. The van der Waals surface area contributed by atoms with Gasteiger partial charge < -0.3 is 14.0 Å². The molecule has 0 spiro atoms. The van der Waals surface area contributed by atoms with Gasteiger partial charge in [-0.05, 0) is 37.3 Å². The topological polar surface area (TPSA) is 94.9 Å². The van der Waals surface area contributed by atoms with Crippen molar-refractivity contribution >= 4 is 22.0 Å². The first kappa shape index (κ1) is 19.1. The zero-order valence-corrected chi connectivity index (χ0v) is 16.0. The van der Waals surface area contributed by atoms with Crippen LogP contribution in [0.4, 0.5) is 0 Å². The van der Waals surface area contributed by atoms with Crippen molar-refractivity contribution in [1.82, 2.24) is 8.87 Å². The van der Waals surface area contributed by atoms with E-state index >= 15 is 0 Å². The number of aromatic nitrogens is 1. The van der Waals surface area contributed by atoms with Crippen LogP contribution >= 0.6 is 0 Å². The van der Waals surface area contributed by atoms with Gasteiger partial charge in [-0.15, -0.1) is 0 Å². The van der Waals surface area contributed by atoms with Gasteiger partial charge >= 0.3 is 11.9 Å². The van der Waals surface area contributed by atoms with Crippen LogP contribution in [0, 0.1) is 0 Å². The SMILES string of the molecule is COC(=O)c1ccc(C(=O)OC)c(S(=O)(=O)N2CCn3cccc3[C@@H]2C)c1. The third-order valence-corrected chi connectivity index (χ3v) is 6.69. The molecule has 0 radical (unpaired) electrons. The first-order valence-corrected chi connectivity index (χ1v) is 9.72. The van der Waals surface area contributed by atoms with Gasteiger partial charge in [-0.3, -0.25) is 0 Å². The van der Waals surface area contributed by atoms with Crippen molar-refractivity contribution in [2.45, 2.75) is 24.4 Å². The van der Waals surface area contributed by atoms with Gasteiger partial charge in [-0.25, -0.2) is 18.0 Å². The smallest absolute Gasteiger partial charge is 0.339 e. The Morgan fingerprint density at radius 2 is 1.78 bits per heavy atom. The maximum atomic E-state index is 13.4. The van der Waals surface area contributed by atoms with Crippen molar-refractivity contribution in [2.75, 3.05) is 20.8 Å². The fraction of sp³-hybridized carbons (Fsp3) is 0.333. The van der Waals surface area contributed by atoms with E-state index < -0.39 is 28.0 Å². The molecular formula is C18H20N2O6S. The number of ether oxygens (including phenoxy) is 2. The molecule has 1 aliphatic heterocycles. The molecule has 144 valence electrons. The van der Waals surface area contributed by atoms with Crippen molar-refractivity contribution in [2.24, 2.45) is 0 Å². The molecule has 8 nitrogen and oxygen atoms in total. The second-order valence-corrected chi connectivity index (χ2v) is 7.97. The van der Waals surface area contributed by atoms with Crippen LogP contribution < -0.4 is 0 Å². The Hall–Kier alpha value is -2.65. The molecule has 0 fully saturated rings. The van der Waals surface area contributed by atoms with E-state index in [1.807, 2.05) is 22.9 Å². The summed E-state index contributed by atoms with van der Waals surface area (Å²) in [5.74, 6) is -1.48. The lowest BCUT2D eigenvalue weighted by Gasteiger charge is -2.34. The number of nitrogens with zero attached hydrogens (tertiary/aromatic N) is 2. The van der Waals surface area contributed by atoms with Crippen molar-refractivity contribution < 1.29 is 27.5 Å². The average molecular weight is 392 g/mol. The van der Waals surface area contributed by atoms with Gasteiger partial charge in [-0.2, -0.15) is 4.31 Å². The number of rotatable bonds is 4. The first-order valence-electron chi connectivity index (χ1n) is 8.28. The molecule has 0 saturated heterocycles. The lowest BCUT2D eigenvalue weighted by molar-refractivity contribution is 0.0583. The summed E-state index contributed by atoms with van der Waals surface area (Å²) >= 11 is 0. The van der Waals surface area contributed by atoms with E-state index in [1.54, 1.807) is 6.92 Å². The molecule has 3 rings (SSSR count). The second kappa shape index (κ2) is 7.16. The highest BCUT2D eigenvalue weighted by atomic mass is 32.2. The highest BCUT2D eigenvalue weighted by molar-refractivity contribution is 7.89. The monoisotopic (exact) mass is 392 g/mol. The molecule has 0 aliphatic carbocycles. The number of benzene rings is 1. The maximum Gasteiger partial charge on any atom is 0.339 e. The molecule has 0 N–H and O–H groups in total. The normalized spacial score (nSPS) is 17.2. The van der Waals surface area contributed by atoms with Gasteiger partial charge in [0.25, 0.3) is 0 Å². The minimum atomic E-state index is -4.07. The number of esters is 2. The molecule has 0 saturated carbocycles. The summed E-state index contributed by atoms with van der Waals surface area (Å²) in [6, 6.07) is 7.06. The Morgan fingerprint density at radius 1 is 1.07 bits per heavy atom. The number of hydrogen-bond acceptors (Lipinski definition) is 6. The summed E-state index contributed by atoms with van der Waals surface area (Å²) in [5.41, 5.74) is 0.767. The van der Waals surface area contributed by atoms with Crippen LogP contribution in [-0.2, 0) is 26.0 Å². The largest absolute Gasteiger partial charge is 0.465 e. The van der Waals surface area contributed by atoms with Crippen LogP contribution in [-0.4, -0.2) is 50.0 Å². The van der Waals surface area contributed by atoms with E-state index in [0.29, 0.717) is 6.54 Å². The predicted molar refractivity (Wildman–Crippen MR) is 95.9 cm³/mol. The number of carbonyl (C=O) groups is 2. The number of fused-ring (bicyclic) bond motifs is 1. The van der Waals surface area contributed by atoms with Crippen molar-refractivity contribution in [3.8, 4) is 0 Å². The van der Waals surface area contributed by atoms with Crippen molar-refractivity contribution in [1.29, 1.82) is 0 Å². The minimum Gasteiger partial charge on any atom is -0.465 e. The standard InChI is InChI=1S/C18H20N2O6S/c1-12-15-5-4-8-19(15)9-10-20(12)27(23,24)16-11-13(17(21)25-2)6-7-14(16)18(22)26-3/h4-8,11-12H,9-10H2,1-3H3/t12-/m0/s1. The van der Waals surface area contributed by atoms with E-state index in [1.165, 1.54) is 30.7 Å². The average Bonchev–Trinajstić information content (AvgIpc) is 3.16. The first-order chi connectivity index (χ1) is 12.8. The van der Waals surface area contributed by atoms with Crippen LogP contribution in [0.15, 0.2) is 41.4 Å². The second-order valence-electron chi connectivity index (χ2n) is 6.11. The van der Waals surface area contributed by atoms with Crippen molar-refractivity contribution in [3.05, 3.63) is 53.3 Å². The zero-order valence-electron chi connectivity index (χ0n) is 15.2. The Labute approximate surface area is 157 Å². The van der Waals surface area contributed by atoms with Gasteiger partial charge in [0.15, 0.2) is 0 Å². The van der Waals surface area contributed by atoms with Gasteiger partial charge in [0.2, 0.25) is 10.0 Å². The summed E-state index contributed by atoms with van der Waals surface area (Å²) in [6.45, 7) is 2.52. The number of hydrogen-bond donors (Lipinski definition) is 0. The molecule has 2 heterocycles. The Bertz CT molecular complexity index is 995. The van der Waals surface area contributed by atoms with Gasteiger partial charge in [-0.1, -0.05) is 0 Å². The highest BCUT2D eigenvalue weighted by Gasteiger charge is 2.36. The van der Waals surface area contributed by atoms with E-state index in [0.717, 1.165) is 11.8 Å². The van der Waals surface area contributed by atoms with Gasteiger partial charge in [0, 0.05) is 25.0 Å². The summed E-state index contributed by atoms with van der Waals surface area (Å²) in [7, 11) is -1.70. The summed E-state index contributed by atoms with van der Waals surface area (Å²) in [4.78, 5) is 23.7. The van der Waals surface area contributed by atoms with E-state index in [2.05, 4.69) is 4.74 Å². The summed E-state index contributed by atoms with van der Waals surface area (Å²) in [6.07, 6.45) is 1.90. The third kappa shape index (κ3) is 3.24. The molecule has 2 aromatic rings. The lowest BCUT2D eigenvalue weighted by Crippen LogP contribution is -2.41. The Morgan fingerprint density at radius 3 is 2.44 bits per heavy atom. The van der Waals surface area contributed by atoms with E-state index in [-0.39, 0.29) is 22.6 Å². The molecule has 9 heteroatoms. The molecule has 0 amide bonds. The molecule has 1 atom stereocenters. The van der Waals surface area contributed by atoms with Crippen LogP contribution in [0.3, 0.4) is 0 Å². The minimum absolute atomic E-state index is 0.0387. The van der Waals surface area contributed by atoms with Crippen LogP contribution in [0.1, 0.15) is 39.4 Å². The highest BCUT2D eigenvalue weighted by Crippen LogP contribution is 2.33. The third-order valence-electron chi connectivity index (χ3n) is 4.68. The molecule has 27 heavy (non-hydrogen) atoms. The van der Waals surface area contributed by atoms with E-state index in [4.69, 9.17) is 4.74 Å². The fourth-order valence-corrected chi connectivity index (χ4v) is 5.08. The zero-order chi connectivity index (χ0) is 19.8. The molecular weight excluding hydrogens is 372 g/mol. The fourth-order valence-electron chi connectivity index (χ4n) is 3.27.